The average molecular weight is 350 g/mol. The van der Waals surface area contributed by atoms with Crippen molar-refractivity contribution in [3.63, 3.8) is 0 Å². The van der Waals surface area contributed by atoms with E-state index in [1.165, 1.54) is 18.2 Å². The number of aryl methyl sites for hydroxylation is 1. The minimum Gasteiger partial charge on any atom is -0.291 e. The number of sulfonamides is 1. The molecule has 0 saturated carbocycles. The Morgan fingerprint density at radius 2 is 2.00 bits per heavy atom. The van der Waals surface area contributed by atoms with Crippen LogP contribution in [0.25, 0.3) is 16.6 Å². The van der Waals surface area contributed by atoms with Crippen molar-refractivity contribution in [1.82, 2.24) is 14.4 Å². The van der Waals surface area contributed by atoms with Crippen molar-refractivity contribution in [2.24, 2.45) is 5.92 Å². The highest BCUT2D eigenvalue weighted by atomic mass is 32.2. The lowest BCUT2D eigenvalue weighted by molar-refractivity contribution is 0.606. The molecule has 0 amide bonds. The Labute approximate surface area is 139 Å². The fourth-order valence-electron chi connectivity index (χ4n) is 2.82. The third kappa shape index (κ3) is 3.06. The predicted molar refractivity (Wildman–Crippen MR) is 92.2 cm³/mol. The van der Waals surface area contributed by atoms with Gasteiger partial charge in [0.05, 0.1) is 23.0 Å². The minimum absolute atomic E-state index is 0.205. The monoisotopic (exact) mass is 350 g/mol. The second-order valence-electron chi connectivity index (χ2n) is 6.36. The highest BCUT2D eigenvalue weighted by Gasteiger charge is 2.19. The van der Waals surface area contributed by atoms with E-state index >= 15 is 0 Å². The fourth-order valence-corrected chi connectivity index (χ4v) is 3.31. The summed E-state index contributed by atoms with van der Waals surface area (Å²) in [6, 6.07) is 4.23. The van der Waals surface area contributed by atoms with Crippen molar-refractivity contribution in [2.75, 3.05) is 11.0 Å². The largest absolute Gasteiger partial charge is 0.291 e. The van der Waals surface area contributed by atoms with Crippen molar-refractivity contribution in [3.05, 3.63) is 35.5 Å². The van der Waals surface area contributed by atoms with E-state index in [-0.39, 0.29) is 11.6 Å². The standard InChI is InChI=1S/C16H19FN4O2S/c1-9(2)7-14-18-10(3)15-16(20-24(4,22)23)19-12-6-5-11(17)8-13(12)21(14)15/h5-6,8-9H,7H2,1-4H3,(H,19,20). The Kier molecular flexibility index (Phi) is 3.95. The van der Waals surface area contributed by atoms with E-state index < -0.39 is 10.0 Å². The van der Waals surface area contributed by atoms with Gasteiger partial charge in [-0.2, -0.15) is 0 Å². The summed E-state index contributed by atoms with van der Waals surface area (Å²) in [5.74, 6) is 0.929. The normalized spacial score (nSPS) is 12.4. The molecule has 24 heavy (non-hydrogen) atoms. The van der Waals surface area contributed by atoms with Crippen LogP contribution in [0.3, 0.4) is 0 Å². The third-order valence-corrected chi connectivity index (χ3v) is 4.19. The molecule has 0 atom stereocenters. The Bertz CT molecular complexity index is 1040. The quantitative estimate of drug-likeness (QED) is 0.785. The number of rotatable bonds is 4. The van der Waals surface area contributed by atoms with Gasteiger partial charge in [-0.05, 0) is 25.0 Å². The molecule has 0 spiro atoms. The van der Waals surface area contributed by atoms with Crippen molar-refractivity contribution in [2.45, 2.75) is 27.2 Å². The predicted octanol–water partition coefficient (Wildman–Crippen LogP) is 2.90. The molecule has 0 aliphatic carbocycles. The Hall–Kier alpha value is -2.22. The first-order valence-electron chi connectivity index (χ1n) is 7.60. The number of hydrogen-bond donors (Lipinski definition) is 1. The van der Waals surface area contributed by atoms with Gasteiger partial charge in [0.25, 0.3) is 0 Å². The summed E-state index contributed by atoms with van der Waals surface area (Å²) in [5, 5.41) is 0. The fraction of sp³-hybridized carbons (Fsp3) is 0.375. The van der Waals surface area contributed by atoms with Crippen LogP contribution < -0.4 is 4.72 Å². The third-order valence-electron chi connectivity index (χ3n) is 3.63. The smallest absolute Gasteiger partial charge is 0.231 e. The molecule has 6 nitrogen and oxygen atoms in total. The molecule has 3 aromatic rings. The Balaban J connectivity index is 2.44. The maximum Gasteiger partial charge on any atom is 0.231 e. The van der Waals surface area contributed by atoms with Gasteiger partial charge in [0, 0.05) is 12.5 Å². The lowest BCUT2D eigenvalue weighted by atomic mass is 10.1. The summed E-state index contributed by atoms with van der Waals surface area (Å²) in [6.07, 6.45) is 1.75. The molecule has 0 unspecified atom stereocenters. The number of fused-ring (bicyclic) bond motifs is 3. The van der Waals surface area contributed by atoms with Crippen LogP contribution in [-0.2, 0) is 16.4 Å². The van der Waals surface area contributed by atoms with Gasteiger partial charge in [0.1, 0.15) is 17.2 Å². The highest BCUT2D eigenvalue weighted by Crippen LogP contribution is 2.28. The number of nitrogens with one attached hydrogen (secondary N) is 1. The van der Waals surface area contributed by atoms with Crippen LogP contribution in [0.15, 0.2) is 18.2 Å². The van der Waals surface area contributed by atoms with Gasteiger partial charge in [0.2, 0.25) is 10.0 Å². The summed E-state index contributed by atoms with van der Waals surface area (Å²) >= 11 is 0. The van der Waals surface area contributed by atoms with Crippen molar-refractivity contribution < 1.29 is 12.8 Å². The molecule has 128 valence electrons. The van der Waals surface area contributed by atoms with E-state index in [1.54, 1.807) is 11.3 Å². The van der Waals surface area contributed by atoms with Crippen LogP contribution in [0, 0.1) is 18.7 Å². The SMILES string of the molecule is Cc1nc(CC(C)C)n2c1c(NS(C)(=O)=O)nc1ccc(F)cc12. The highest BCUT2D eigenvalue weighted by molar-refractivity contribution is 7.92. The number of halogens is 1. The molecule has 2 heterocycles. The molecular weight excluding hydrogens is 331 g/mol. The van der Waals surface area contributed by atoms with Crippen LogP contribution in [0.2, 0.25) is 0 Å². The molecule has 2 aromatic heterocycles. The summed E-state index contributed by atoms with van der Waals surface area (Å²) in [7, 11) is -3.50. The van der Waals surface area contributed by atoms with E-state index in [1.807, 2.05) is 0 Å². The molecule has 1 N–H and O–H groups in total. The molecular formula is C16H19FN4O2S. The average Bonchev–Trinajstić information content (AvgIpc) is 2.74. The molecule has 0 radical (unpaired) electrons. The van der Waals surface area contributed by atoms with E-state index in [2.05, 4.69) is 28.5 Å². The van der Waals surface area contributed by atoms with Crippen molar-refractivity contribution in [3.8, 4) is 0 Å². The van der Waals surface area contributed by atoms with Crippen LogP contribution in [-0.4, -0.2) is 29.0 Å². The first-order chi connectivity index (χ1) is 11.2. The molecule has 0 fully saturated rings. The molecule has 0 saturated heterocycles. The summed E-state index contributed by atoms with van der Waals surface area (Å²) in [6.45, 7) is 5.92. The second kappa shape index (κ2) is 5.70. The van der Waals surface area contributed by atoms with Gasteiger partial charge in [-0.3, -0.25) is 9.12 Å². The Morgan fingerprint density at radius 3 is 2.62 bits per heavy atom. The summed E-state index contributed by atoms with van der Waals surface area (Å²) < 4.78 is 41.4. The van der Waals surface area contributed by atoms with Gasteiger partial charge in [-0.15, -0.1) is 0 Å². The zero-order valence-corrected chi connectivity index (χ0v) is 14.8. The van der Waals surface area contributed by atoms with Gasteiger partial charge in [-0.1, -0.05) is 13.8 Å². The van der Waals surface area contributed by atoms with Gasteiger partial charge < -0.3 is 0 Å². The van der Waals surface area contributed by atoms with Crippen molar-refractivity contribution >= 4 is 32.4 Å². The number of benzene rings is 1. The van der Waals surface area contributed by atoms with E-state index in [9.17, 15) is 12.8 Å². The molecule has 1 aromatic carbocycles. The molecule has 8 heteroatoms. The Morgan fingerprint density at radius 1 is 1.29 bits per heavy atom. The minimum atomic E-state index is -3.50. The topological polar surface area (TPSA) is 76.4 Å². The number of imidazole rings is 1. The van der Waals surface area contributed by atoms with Crippen LogP contribution in [0.4, 0.5) is 10.2 Å². The van der Waals surface area contributed by atoms with Crippen LogP contribution in [0.1, 0.15) is 25.4 Å². The van der Waals surface area contributed by atoms with E-state index in [0.717, 1.165) is 12.1 Å². The molecule has 0 bridgehead atoms. The first kappa shape index (κ1) is 16.6. The van der Waals surface area contributed by atoms with E-state index in [0.29, 0.717) is 34.6 Å². The maximum atomic E-state index is 13.8. The number of nitrogens with zero attached hydrogens (tertiary/aromatic N) is 3. The maximum absolute atomic E-state index is 13.8. The zero-order valence-electron chi connectivity index (χ0n) is 14.0. The van der Waals surface area contributed by atoms with Crippen LogP contribution in [0.5, 0.6) is 0 Å². The summed E-state index contributed by atoms with van der Waals surface area (Å²) in [5.41, 5.74) is 2.27. The van der Waals surface area contributed by atoms with E-state index in [4.69, 9.17) is 0 Å². The molecule has 0 aliphatic rings. The zero-order chi connectivity index (χ0) is 17.6. The first-order valence-corrected chi connectivity index (χ1v) is 9.50. The van der Waals surface area contributed by atoms with Gasteiger partial charge in [-0.25, -0.2) is 22.8 Å². The lowest BCUT2D eigenvalue weighted by Crippen LogP contribution is -2.13. The lowest BCUT2D eigenvalue weighted by Gasteiger charge is -2.12. The van der Waals surface area contributed by atoms with Crippen LogP contribution >= 0.6 is 0 Å². The number of hydrogen-bond acceptors (Lipinski definition) is 4. The second-order valence-corrected chi connectivity index (χ2v) is 8.11. The number of aromatic nitrogens is 3. The molecule has 0 aliphatic heterocycles. The number of anilines is 1. The van der Waals surface area contributed by atoms with Crippen molar-refractivity contribution in [1.29, 1.82) is 0 Å². The molecule has 3 rings (SSSR count). The summed E-state index contributed by atoms with van der Waals surface area (Å²) in [4.78, 5) is 8.93. The van der Waals surface area contributed by atoms with Gasteiger partial charge >= 0.3 is 0 Å². The van der Waals surface area contributed by atoms with Gasteiger partial charge in [0.15, 0.2) is 5.82 Å².